The fourth-order valence-corrected chi connectivity index (χ4v) is 0.239. The van der Waals surface area contributed by atoms with Crippen molar-refractivity contribution in [2.45, 2.75) is 12.5 Å². The van der Waals surface area contributed by atoms with Crippen LogP contribution in [-0.4, -0.2) is 25.5 Å². The van der Waals surface area contributed by atoms with E-state index in [4.69, 9.17) is 0 Å². The third-order valence-corrected chi connectivity index (χ3v) is 0.745. The maximum atomic E-state index is 11.4. The molecule has 0 unspecified atom stereocenters. The summed E-state index contributed by atoms with van der Waals surface area (Å²) >= 11 is 0. The van der Waals surface area contributed by atoms with Gasteiger partial charge < -0.3 is 10.5 Å². The zero-order valence-corrected chi connectivity index (χ0v) is 4.80. The van der Waals surface area contributed by atoms with Crippen LogP contribution >= 0.6 is 0 Å². The molecule has 0 radical (unpaired) electrons. The summed E-state index contributed by atoms with van der Waals surface area (Å²) in [5.41, 5.74) is 4.65. The van der Waals surface area contributed by atoms with Gasteiger partial charge in [-0.05, 0) is 0 Å². The first-order chi connectivity index (χ1) is 4.09. The van der Waals surface area contributed by atoms with E-state index in [1.54, 1.807) is 0 Å². The summed E-state index contributed by atoms with van der Waals surface area (Å²) in [6.07, 6.45) is -2.85. The van der Waals surface area contributed by atoms with E-state index in [9.17, 15) is 13.6 Å². The zero-order valence-electron chi connectivity index (χ0n) is 4.80. The van der Waals surface area contributed by atoms with Crippen molar-refractivity contribution < 1.29 is 18.3 Å². The highest BCUT2D eigenvalue weighted by Crippen LogP contribution is 1.98. The van der Waals surface area contributed by atoms with Crippen LogP contribution in [0.5, 0.6) is 0 Å². The molecule has 0 saturated heterocycles. The van der Waals surface area contributed by atoms with E-state index in [-0.39, 0.29) is 0 Å². The molecule has 5 heteroatoms. The van der Waals surface area contributed by atoms with E-state index >= 15 is 0 Å². The second kappa shape index (κ2) is 3.34. The highest BCUT2D eigenvalue weighted by atomic mass is 19.3. The first-order valence-electron chi connectivity index (χ1n) is 2.21. The SMILES string of the molecule is COC(=O)[C@H](N)C(F)F. The highest BCUT2D eigenvalue weighted by Gasteiger charge is 2.23. The number of rotatable bonds is 2. The molecule has 0 fully saturated rings. The van der Waals surface area contributed by atoms with Crippen LogP contribution in [-0.2, 0) is 9.53 Å². The number of carbonyl (C=O) groups excluding carboxylic acids is 1. The molecular weight excluding hydrogens is 132 g/mol. The Hall–Kier alpha value is -0.710. The van der Waals surface area contributed by atoms with Crippen molar-refractivity contribution >= 4 is 5.97 Å². The quantitative estimate of drug-likeness (QED) is 0.537. The van der Waals surface area contributed by atoms with E-state index in [0.29, 0.717) is 0 Å². The van der Waals surface area contributed by atoms with Crippen molar-refractivity contribution in [1.29, 1.82) is 0 Å². The number of hydrogen-bond donors (Lipinski definition) is 1. The van der Waals surface area contributed by atoms with Gasteiger partial charge in [-0.1, -0.05) is 0 Å². The molecule has 0 spiro atoms. The van der Waals surface area contributed by atoms with Gasteiger partial charge >= 0.3 is 5.97 Å². The molecule has 1 atom stereocenters. The van der Waals surface area contributed by atoms with Crippen LogP contribution in [0.1, 0.15) is 0 Å². The summed E-state index contributed by atoms with van der Waals surface area (Å²) in [4.78, 5) is 10.1. The zero-order chi connectivity index (χ0) is 7.44. The molecule has 0 aliphatic carbocycles. The van der Waals surface area contributed by atoms with Gasteiger partial charge in [0, 0.05) is 0 Å². The Morgan fingerprint density at radius 3 is 2.22 bits per heavy atom. The molecule has 0 saturated carbocycles. The van der Waals surface area contributed by atoms with Gasteiger partial charge in [-0.15, -0.1) is 0 Å². The summed E-state index contributed by atoms with van der Waals surface area (Å²) < 4.78 is 26.8. The summed E-state index contributed by atoms with van der Waals surface area (Å²) in [5.74, 6) is -1.09. The largest absolute Gasteiger partial charge is 0.468 e. The lowest BCUT2D eigenvalue weighted by atomic mass is 10.3. The number of methoxy groups -OCH3 is 1. The van der Waals surface area contributed by atoms with Gasteiger partial charge in [0.1, 0.15) is 0 Å². The summed E-state index contributed by atoms with van der Waals surface area (Å²) in [6, 6.07) is -1.81. The third kappa shape index (κ3) is 2.36. The lowest BCUT2D eigenvalue weighted by molar-refractivity contribution is -0.145. The molecule has 54 valence electrons. The number of ether oxygens (including phenoxy) is 1. The van der Waals surface area contributed by atoms with E-state index < -0.39 is 18.4 Å². The first-order valence-corrected chi connectivity index (χ1v) is 2.21. The summed E-state index contributed by atoms with van der Waals surface area (Å²) in [5, 5.41) is 0. The summed E-state index contributed by atoms with van der Waals surface area (Å²) in [6.45, 7) is 0. The van der Waals surface area contributed by atoms with Crippen molar-refractivity contribution in [1.82, 2.24) is 0 Å². The maximum absolute atomic E-state index is 11.4. The third-order valence-electron chi connectivity index (χ3n) is 0.745. The monoisotopic (exact) mass is 139 g/mol. The molecule has 3 nitrogen and oxygen atoms in total. The molecule has 0 aliphatic heterocycles. The normalized spacial score (nSPS) is 13.4. The van der Waals surface area contributed by atoms with Crippen molar-refractivity contribution in [3.8, 4) is 0 Å². The molecule has 0 heterocycles. The van der Waals surface area contributed by atoms with Gasteiger partial charge in [0.05, 0.1) is 7.11 Å². The molecule has 2 N–H and O–H groups in total. The van der Waals surface area contributed by atoms with E-state index in [0.717, 1.165) is 7.11 Å². The molecule has 0 aromatic rings. The molecule has 0 bridgehead atoms. The van der Waals surface area contributed by atoms with Crippen molar-refractivity contribution in [3.05, 3.63) is 0 Å². The molecule has 0 rings (SSSR count). The molecule has 9 heavy (non-hydrogen) atoms. The average Bonchev–Trinajstić information content (AvgIpc) is 1.84. The Kier molecular flexibility index (Phi) is 3.08. The van der Waals surface area contributed by atoms with E-state index in [1.807, 2.05) is 0 Å². The van der Waals surface area contributed by atoms with Crippen LogP contribution < -0.4 is 5.73 Å². The Bertz CT molecular complexity index is 107. The predicted molar refractivity (Wildman–Crippen MR) is 26.0 cm³/mol. The van der Waals surface area contributed by atoms with Crippen molar-refractivity contribution in [2.24, 2.45) is 5.73 Å². The van der Waals surface area contributed by atoms with Gasteiger partial charge in [0.2, 0.25) is 0 Å². The number of alkyl halides is 2. The molecule has 0 aromatic heterocycles. The predicted octanol–water partition coefficient (Wildman–Crippen LogP) is -0.248. The minimum absolute atomic E-state index is 1.00. The van der Waals surface area contributed by atoms with Crippen LogP contribution in [0.2, 0.25) is 0 Å². The Balaban J connectivity index is 3.72. The first kappa shape index (κ1) is 8.29. The van der Waals surface area contributed by atoms with Crippen molar-refractivity contribution in [3.63, 3.8) is 0 Å². The van der Waals surface area contributed by atoms with Gasteiger partial charge in [-0.25, -0.2) is 8.78 Å². The van der Waals surface area contributed by atoms with Crippen LogP contribution in [0.4, 0.5) is 8.78 Å². The molecule has 0 amide bonds. The van der Waals surface area contributed by atoms with E-state index in [1.165, 1.54) is 0 Å². The van der Waals surface area contributed by atoms with Gasteiger partial charge in [-0.3, -0.25) is 4.79 Å². The van der Waals surface area contributed by atoms with Crippen LogP contribution in [0.15, 0.2) is 0 Å². The maximum Gasteiger partial charge on any atom is 0.328 e. The highest BCUT2D eigenvalue weighted by molar-refractivity contribution is 5.75. The minimum Gasteiger partial charge on any atom is -0.468 e. The topological polar surface area (TPSA) is 52.3 Å². The molecule has 0 aromatic carbocycles. The smallest absolute Gasteiger partial charge is 0.328 e. The molecular formula is C4H7F2NO2. The van der Waals surface area contributed by atoms with Crippen LogP contribution in [0.3, 0.4) is 0 Å². The Morgan fingerprint density at radius 1 is 1.67 bits per heavy atom. The van der Waals surface area contributed by atoms with Crippen LogP contribution in [0.25, 0.3) is 0 Å². The van der Waals surface area contributed by atoms with Crippen molar-refractivity contribution in [2.75, 3.05) is 7.11 Å². The Morgan fingerprint density at radius 2 is 2.11 bits per heavy atom. The van der Waals surface area contributed by atoms with Gasteiger partial charge in [-0.2, -0.15) is 0 Å². The Labute approximate surface area is 50.8 Å². The average molecular weight is 139 g/mol. The van der Waals surface area contributed by atoms with Crippen LogP contribution in [0, 0.1) is 0 Å². The second-order valence-electron chi connectivity index (χ2n) is 1.38. The lowest BCUT2D eigenvalue weighted by Gasteiger charge is -2.05. The molecule has 0 aliphatic rings. The fraction of sp³-hybridized carbons (Fsp3) is 0.750. The number of hydrogen-bond acceptors (Lipinski definition) is 3. The van der Waals surface area contributed by atoms with E-state index in [2.05, 4.69) is 10.5 Å². The number of halogens is 2. The standard InChI is InChI=1S/C4H7F2NO2/c1-9-4(8)2(7)3(5)6/h2-3H,7H2,1H3/t2-/m1/s1. The van der Waals surface area contributed by atoms with Gasteiger partial charge in [0.15, 0.2) is 6.04 Å². The van der Waals surface area contributed by atoms with Gasteiger partial charge in [0.25, 0.3) is 6.43 Å². The number of carbonyl (C=O) groups is 1. The minimum atomic E-state index is -2.85. The number of esters is 1. The summed E-state index contributed by atoms with van der Waals surface area (Å²) in [7, 11) is 1.00. The fourth-order valence-electron chi connectivity index (χ4n) is 0.239. The number of nitrogens with two attached hydrogens (primary N) is 1. The lowest BCUT2D eigenvalue weighted by Crippen LogP contribution is -2.38. The second-order valence-corrected chi connectivity index (χ2v) is 1.38.